The van der Waals surface area contributed by atoms with Crippen LogP contribution >= 0.6 is 0 Å². The van der Waals surface area contributed by atoms with Crippen LogP contribution in [0.25, 0.3) is 28.2 Å². The van der Waals surface area contributed by atoms with Crippen LogP contribution in [0, 0.1) is 11.3 Å². The zero-order chi connectivity index (χ0) is 22.0. The number of amides is 1. The number of nitrogens with one attached hydrogen (secondary N) is 1. The Morgan fingerprint density at radius 3 is 2.42 bits per heavy atom. The molecule has 0 saturated carbocycles. The Morgan fingerprint density at radius 1 is 1.03 bits per heavy atom. The molecule has 1 amide bonds. The van der Waals surface area contributed by atoms with Crippen LogP contribution < -0.4 is 5.32 Å². The summed E-state index contributed by atoms with van der Waals surface area (Å²) >= 11 is 0. The fraction of sp³-hybridized carbons (Fsp3) is 0.0870. The summed E-state index contributed by atoms with van der Waals surface area (Å²) in [6.07, 6.45) is 5.28. The lowest BCUT2D eigenvalue weighted by atomic mass is 10.0. The maximum atomic E-state index is 12.0. The fourth-order valence-electron chi connectivity index (χ4n) is 3.26. The summed E-state index contributed by atoms with van der Waals surface area (Å²) in [5, 5.41) is 11.7. The van der Waals surface area contributed by atoms with Crippen LogP contribution in [0.3, 0.4) is 0 Å². The molecule has 0 bridgehead atoms. The largest absolute Gasteiger partial charge is 0.465 e. The SMILES string of the molecule is COC(=O)c1ccc(-c2cnc3ncc(-c4ccc(C#N)cc4)n3c2)cc1NC(C)=O. The van der Waals surface area contributed by atoms with E-state index in [1.54, 1.807) is 42.7 Å². The van der Waals surface area contributed by atoms with E-state index in [0.29, 0.717) is 17.0 Å². The normalized spacial score (nSPS) is 10.5. The summed E-state index contributed by atoms with van der Waals surface area (Å²) in [7, 11) is 1.29. The second-order valence-electron chi connectivity index (χ2n) is 6.78. The molecule has 0 spiro atoms. The van der Waals surface area contributed by atoms with Crippen molar-refractivity contribution in [3.63, 3.8) is 0 Å². The molecule has 8 heteroatoms. The molecule has 0 radical (unpaired) electrons. The number of nitriles is 1. The third kappa shape index (κ3) is 3.84. The van der Waals surface area contributed by atoms with E-state index < -0.39 is 5.97 Å². The number of esters is 1. The molecule has 0 saturated heterocycles. The van der Waals surface area contributed by atoms with Crippen molar-refractivity contribution in [1.82, 2.24) is 14.4 Å². The second-order valence-corrected chi connectivity index (χ2v) is 6.78. The van der Waals surface area contributed by atoms with Gasteiger partial charge >= 0.3 is 5.97 Å². The molecule has 2 aromatic carbocycles. The van der Waals surface area contributed by atoms with Crippen molar-refractivity contribution in [2.45, 2.75) is 6.92 Å². The Bertz CT molecular complexity index is 1350. The molecular weight excluding hydrogens is 394 g/mol. The fourth-order valence-corrected chi connectivity index (χ4v) is 3.26. The molecule has 2 heterocycles. The maximum absolute atomic E-state index is 12.0. The van der Waals surface area contributed by atoms with Gasteiger partial charge in [-0.15, -0.1) is 0 Å². The summed E-state index contributed by atoms with van der Waals surface area (Å²) in [6.45, 7) is 1.37. The number of rotatable bonds is 4. The lowest BCUT2D eigenvalue weighted by Gasteiger charge is -2.11. The molecule has 8 nitrogen and oxygen atoms in total. The number of ether oxygens (including phenoxy) is 1. The van der Waals surface area contributed by atoms with Crippen LogP contribution in [-0.4, -0.2) is 33.4 Å². The van der Waals surface area contributed by atoms with Gasteiger partial charge in [-0.1, -0.05) is 18.2 Å². The highest BCUT2D eigenvalue weighted by Gasteiger charge is 2.15. The van der Waals surface area contributed by atoms with Gasteiger partial charge in [0.1, 0.15) is 0 Å². The van der Waals surface area contributed by atoms with Crippen LogP contribution in [0.2, 0.25) is 0 Å². The Kier molecular flexibility index (Phi) is 5.16. The number of benzene rings is 2. The molecule has 4 aromatic rings. The Balaban J connectivity index is 1.80. The lowest BCUT2D eigenvalue weighted by Crippen LogP contribution is -2.12. The molecule has 0 atom stereocenters. The van der Waals surface area contributed by atoms with Crippen LogP contribution in [0.1, 0.15) is 22.8 Å². The van der Waals surface area contributed by atoms with Gasteiger partial charge in [0, 0.05) is 30.4 Å². The molecular formula is C23H17N5O3. The molecule has 0 unspecified atom stereocenters. The van der Waals surface area contributed by atoms with E-state index in [2.05, 4.69) is 21.4 Å². The van der Waals surface area contributed by atoms with Crippen molar-refractivity contribution in [3.05, 3.63) is 72.2 Å². The maximum Gasteiger partial charge on any atom is 0.339 e. The molecule has 0 aliphatic rings. The van der Waals surface area contributed by atoms with E-state index in [0.717, 1.165) is 22.4 Å². The molecule has 0 aliphatic carbocycles. The quantitative estimate of drug-likeness (QED) is 0.513. The van der Waals surface area contributed by atoms with Crippen molar-refractivity contribution in [2.75, 3.05) is 12.4 Å². The summed E-state index contributed by atoms with van der Waals surface area (Å²) in [5.74, 6) is -0.313. The monoisotopic (exact) mass is 411 g/mol. The predicted octanol–water partition coefficient (Wildman–Crippen LogP) is 3.68. The van der Waals surface area contributed by atoms with Crippen LogP contribution in [0.4, 0.5) is 5.69 Å². The third-order valence-electron chi connectivity index (χ3n) is 4.74. The molecule has 152 valence electrons. The Hall–Kier alpha value is -4.51. The van der Waals surface area contributed by atoms with Crippen LogP contribution in [0.5, 0.6) is 0 Å². The molecule has 1 N–H and O–H groups in total. The first-order chi connectivity index (χ1) is 15.0. The minimum Gasteiger partial charge on any atom is -0.465 e. The number of carbonyl (C=O) groups excluding carboxylic acids is 2. The summed E-state index contributed by atoms with van der Waals surface area (Å²) in [6, 6.07) is 14.4. The summed E-state index contributed by atoms with van der Waals surface area (Å²) in [4.78, 5) is 32.4. The molecule has 4 rings (SSSR count). The number of hydrogen-bond donors (Lipinski definition) is 1. The first kappa shape index (κ1) is 19.8. The number of nitrogens with zero attached hydrogens (tertiary/aromatic N) is 4. The van der Waals surface area contributed by atoms with Gasteiger partial charge in [-0.05, 0) is 29.8 Å². The van der Waals surface area contributed by atoms with Gasteiger partial charge in [0.15, 0.2) is 0 Å². The van der Waals surface area contributed by atoms with Crippen LogP contribution in [-0.2, 0) is 9.53 Å². The van der Waals surface area contributed by atoms with E-state index in [1.807, 2.05) is 22.7 Å². The van der Waals surface area contributed by atoms with Gasteiger partial charge in [-0.25, -0.2) is 14.8 Å². The summed E-state index contributed by atoms with van der Waals surface area (Å²) in [5.41, 5.74) is 4.43. The van der Waals surface area contributed by atoms with Crippen molar-refractivity contribution in [3.8, 4) is 28.5 Å². The van der Waals surface area contributed by atoms with E-state index in [1.165, 1.54) is 14.0 Å². The van der Waals surface area contributed by atoms with Gasteiger partial charge in [-0.3, -0.25) is 9.20 Å². The lowest BCUT2D eigenvalue weighted by molar-refractivity contribution is -0.114. The highest BCUT2D eigenvalue weighted by atomic mass is 16.5. The number of carbonyl (C=O) groups is 2. The number of hydrogen-bond acceptors (Lipinski definition) is 6. The van der Waals surface area contributed by atoms with Crippen molar-refractivity contribution < 1.29 is 14.3 Å². The van der Waals surface area contributed by atoms with Crippen molar-refractivity contribution in [2.24, 2.45) is 0 Å². The molecule has 2 aromatic heterocycles. The first-order valence-electron chi connectivity index (χ1n) is 9.34. The average molecular weight is 411 g/mol. The minimum absolute atomic E-state index is 0.261. The zero-order valence-corrected chi connectivity index (χ0v) is 16.8. The smallest absolute Gasteiger partial charge is 0.339 e. The molecule has 0 fully saturated rings. The number of imidazole rings is 1. The topological polar surface area (TPSA) is 109 Å². The van der Waals surface area contributed by atoms with E-state index in [9.17, 15) is 9.59 Å². The van der Waals surface area contributed by atoms with Crippen molar-refractivity contribution in [1.29, 1.82) is 5.26 Å². The van der Waals surface area contributed by atoms with Crippen LogP contribution in [0.15, 0.2) is 61.1 Å². The standard InChI is InChI=1S/C23H17N5O3/c1-14(29)27-20-9-17(7-8-19(20)22(30)31-2)18-11-25-23-26-12-21(28(23)13-18)16-5-3-15(10-24)4-6-16/h3-9,11-13H,1-2H3,(H,27,29). The Morgan fingerprint density at radius 2 is 1.74 bits per heavy atom. The van der Waals surface area contributed by atoms with Gasteiger partial charge in [0.2, 0.25) is 11.7 Å². The minimum atomic E-state index is -0.540. The molecule has 31 heavy (non-hydrogen) atoms. The predicted molar refractivity (Wildman–Crippen MR) is 114 cm³/mol. The van der Waals surface area contributed by atoms with Gasteiger partial charge < -0.3 is 10.1 Å². The van der Waals surface area contributed by atoms with E-state index in [-0.39, 0.29) is 11.5 Å². The number of aromatic nitrogens is 3. The first-order valence-corrected chi connectivity index (χ1v) is 9.34. The summed E-state index contributed by atoms with van der Waals surface area (Å²) < 4.78 is 6.65. The van der Waals surface area contributed by atoms with E-state index in [4.69, 9.17) is 10.00 Å². The Labute approximate surface area is 177 Å². The highest BCUT2D eigenvalue weighted by molar-refractivity contribution is 6.01. The number of fused-ring (bicyclic) bond motifs is 1. The van der Waals surface area contributed by atoms with Gasteiger partial charge in [0.05, 0.1) is 41.9 Å². The van der Waals surface area contributed by atoms with E-state index >= 15 is 0 Å². The van der Waals surface area contributed by atoms with Gasteiger partial charge in [-0.2, -0.15) is 5.26 Å². The number of anilines is 1. The highest BCUT2D eigenvalue weighted by Crippen LogP contribution is 2.28. The number of methoxy groups -OCH3 is 1. The van der Waals surface area contributed by atoms with Gasteiger partial charge in [0.25, 0.3) is 0 Å². The third-order valence-corrected chi connectivity index (χ3v) is 4.74. The second kappa shape index (κ2) is 8.08. The average Bonchev–Trinajstić information content (AvgIpc) is 3.21. The zero-order valence-electron chi connectivity index (χ0n) is 16.8. The molecule has 0 aliphatic heterocycles. The van der Waals surface area contributed by atoms with Crippen molar-refractivity contribution >= 4 is 23.3 Å².